The number of nitrogens with zero attached hydrogens (tertiary/aromatic N) is 1. The smallest absolute Gasteiger partial charge is 0.0428 e. The Kier molecular flexibility index (Phi) is 3.52. The van der Waals surface area contributed by atoms with Gasteiger partial charge in [-0.05, 0) is 38.5 Å². The second-order valence-electron chi connectivity index (χ2n) is 2.87. The number of rotatable bonds is 3. The fourth-order valence-corrected chi connectivity index (χ4v) is 1.39. The third kappa shape index (κ3) is 2.19. The number of allylic oxidation sites excluding steroid dienone is 6. The normalized spacial score (nSPS) is 18.4. The summed E-state index contributed by atoms with van der Waals surface area (Å²) in [5, 5.41) is 0. The Bertz CT molecular complexity index is 244. The van der Waals surface area contributed by atoms with Gasteiger partial charge in [-0.25, -0.2) is 0 Å². The second-order valence-corrected chi connectivity index (χ2v) is 2.87. The van der Waals surface area contributed by atoms with Crippen LogP contribution in [0.3, 0.4) is 0 Å². The summed E-state index contributed by atoms with van der Waals surface area (Å²) in [4.78, 5) is 4.00. The Hall–Kier alpha value is -1.11. The molecule has 1 nitrogen and oxygen atoms in total. The molecule has 0 heterocycles. The van der Waals surface area contributed by atoms with Crippen LogP contribution in [0.1, 0.15) is 26.2 Å². The minimum absolute atomic E-state index is 1.10. The molecule has 0 bridgehead atoms. The zero-order chi connectivity index (χ0) is 8.81. The van der Waals surface area contributed by atoms with E-state index in [0.29, 0.717) is 0 Å². The quantitative estimate of drug-likeness (QED) is 0.445. The van der Waals surface area contributed by atoms with Crippen LogP contribution in [0, 0.1) is 0 Å². The summed E-state index contributed by atoms with van der Waals surface area (Å²) < 4.78 is 0. The molecular weight excluding hydrogens is 146 g/mol. The van der Waals surface area contributed by atoms with Crippen molar-refractivity contribution in [3.05, 3.63) is 35.6 Å². The van der Waals surface area contributed by atoms with E-state index in [2.05, 4.69) is 23.9 Å². The van der Waals surface area contributed by atoms with Gasteiger partial charge in [0.25, 0.3) is 0 Å². The minimum Gasteiger partial charge on any atom is -0.269 e. The van der Waals surface area contributed by atoms with Crippen molar-refractivity contribution < 1.29 is 0 Å². The Morgan fingerprint density at radius 2 is 2.17 bits per heavy atom. The van der Waals surface area contributed by atoms with Gasteiger partial charge in [-0.1, -0.05) is 24.3 Å². The van der Waals surface area contributed by atoms with E-state index in [1.165, 1.54) is 17.7 Å². The topological polar surface area (TPSA) is 12.4 Å². The third-order valence-electron chi connectivity index (χ3n) is 2.02. The molecule has 64 valence electrons. The van der Waals surface area contributed by atoms with Crippen molar-refractivity contribution in [2.24, 2.45) is 4.99 Å². The summed E-state index contributed by atoms with van der Waals surface area (Å²) in [5.74, 6) is 0. The van der Waals surface area contributed by atoms with Gasteiger partial charge in [0.2, 0.25) is 0 Å². The lowest BCUT2D eigenvalue weighted by atomic mass is 10.2. The van der Waals surface area contributed by atoms with Crippen LogP contribution in [0.4, 0.5) is 0 Å². The largest absolute Gasteiger partial charge is 0.269 e. The van der Waals surface area contributed by atoms with E-state index < -0.39 is 0 Å². The monoisotopic (exact) mass is 161 g/mol. The molecular formula is C11H15N. The first-order valence-corrected chi connectivity index (χ1v) is 4.36. The van der Waals surface area contributed by atoms with Crippen LogP contribution < -0.4 is 0 Å². The summed E-state index contributed by atoms with van der Waals surface area (Å²) in [6.07, 6.45) is 11.7. The SMILES string of the molecule is C=NC1=C(/C=C\C=C\C)CCC1. The molecule has 1 aliphatic carbocycles. The molecule has 0 saturated heterocycles. The Morgan fingerprint density at radius 1 is 1.33 bits per heavy atom. The van der Waals surface area contributed by atoms with Gasteiger partial charge in [0.1, 0.15) is 0 Å². The maximum atomic E-state index is 4.00. The minimum atomic E-state index is 1.10. The predicted molar refractivity (Wildman–Crippen MR) is 54.4 cm³/mol. The van der Waals surface area contributed by atoms with Gasteiger partial charge in [0, 0.05) is 5.70 Å². The van der Waals surface area contributed by atoms with E-state index in [0.717, 1.165) is 12.8 Å². The number of aliphatic imine (C=N–C) groups is 1. The Balaban J connectivity index is 2.66. The van der Waals surface area contributed by atoms with Crippen molar-refractivity contribution in [1.82, 2.24) is 0 Å². The van der Waals surface area contributed by atoms with Gasteiger partial charge in [0.15, 0.2) is 0 Å². The standard InChI is InChI=1S/C11H15N/c1-3-4-5-7-10-8-6-9-11(10)12-2/h3-5,7H,2,6,8-9H2,1H3/b4-3+,7-5-. The highest BCUT2D eigenvalue weighted by Crippen LogP contribution is 2.27. The lowest BCUT2D eigenvalue weighted by Gasteiger charge is -1.93. The van der Waals surface area contributed by atoms with Crippen LogP contribution in [-0.2, 0) is 0 Å². The molecule has 0 aromatic heterocycles. The van der Waals surface area contributed by atoms with E-state index in [1.54, 1.807) is 0 Å². The van der Waals surface area contributed by atoms with Gasteiger partial charge in [-0.3, -0.25) is 4.99 Å². The van der Waals surface area contributed by atoms with Crippen molar-refractivity contribution in [3.63, 3.8) is 0 Å². The van der Waals surface area contributed by atoms with Crippen LogP contribution >= 0.6 is 0 Å². The third-order valence-corrected chi connectivity index (χ3v) is 2.02. The van der Waals surface area contributed by atoms with Crippen molar-refractivity contribution in [1.29, 1.82) is 0 Å². The highest BCUT2D eigenvalue weighted by molar-refractivity contribution is 5.37. The van der Waals surface area contributed by atoms with Crippen molar-refractivity contribution in [3.8, 4) is 0 Å². The average molecular weight is 161 g/mol. The van der Waals surface area contributed by atoms with E-state index in [-0.39, 0.29) is 0 Å². The van der Waals surface area contributed by atoms with Gasteiger partial charge < -0.3 is 0 Å². The predicted octanol–water partition coefficient (Wildman–Crippen LogP) is 3.26. The molecule has 0 aliphatic heterocycles. The van der Waals surface area contributed by atoms with Crippen molar-refractivity contribution in [2.45, 2.75) is 26.2 Å². The van der Waals surface area contributed by atoms with Crippen LogP contribution in [0.2, 0.25) is 0 Å². The zero-order valence-electron chi connectivity index (χ0n) is 7.59. The summed E-state index contributed by atoms with van der Waals surface area (Å²) in [6, 6.07) is 0. The lowest BCUT2D eigenvalue weighted by Crippen LogP contribution is -1.74. The molecule has 0 N–H and O–H groups in total. The van der Waals surface area contributed by atoms with Crippen LogP contribution in [0.5, 0.6) is 0 Å². The molecule has 0 amide bonds. The molecule has 0 spiro atoms. The highest BCUT2D eigenvalue weighted by Gasteiger charge is 2.09. The lowest BCUT2D eigenvalue weighted by molar-refractivity contribution is 0.895. The maximum Gasteiger partial charge on any atom is 0.0428 e. The Labute approximate surface area is 74.2 Å². The average Bonchev–Trinajstić information content (AvgIpc) is 2.52. The van der Waals surface area contributed by atoms with Gasteiger partial charge in [-0.15, -0.1) is 0 Å². The van der Waals surface area contributed by atoms with E-state index in [4.69, 9.17) is 0 Å². The molecule has 0 unspecified atom stereocenters. The number of hydrogen-bond acceptors (Lipinski definition) is 1. The zero-order valence-corrected chi connectivity index (χ0v) is 7.59. The molecule has 0 aromatic rings. The summed E-state index contributed by atoms with van der Waals surface area (Å²) in [6.45, 7) is 5.58. The first kappa shape index (κ1) is 8.98. The first-order chi connectivity index (χ1) is 5.88. The van der Waals surface area contributed by atoms with Crippen LogP contribution in [0.25, 0.3) is 0 Å². The van der Waals surface area contributed by atoms with Gasteiger partial charge >= 0.3 is 0 Å². The molecule has 1 heteroatoms. The van der Waals surface area contributed by atoms with Gasteiger partial charge in [0.05, 0.1) is 0 Å². The molecule has 0 radical (unpaired) electrons. The molecule has 0 saturated carbocycles. The van der Waals surface area contributed by atoms with Crippen LogP contribution in [0.15, 0.2) is 40.6 Å². The summed E-state index contributed by atoms with van der Waals surface area (Å²) in [5.41, 5.74) is 2.53. The molecule has 0 fully saturated rings. The van der Waals surface area contributed by atoms with E-state index >= 15 is 0 Å². The molecule has 1 rings (SSSR count). The first-order valence-electron chi connectivity index (χ1n) is 4.36. The molecule has 1 aliphatic rings. The van der Waals surface area contributed by atoms with E-state index in [1.807, 2.05) is 19.1 Å². The molecule has 0 aromatic carbocycles. The van der Waals surface area contributed by atoms with Crippen LogP contribution in [-0.4, -0.2) is 6.72 Å². The fraction of sp³-hybridized carbons (Fsp3) is 0.364. The molecule has 0 atom stereocenters. The highest BCUT2D eigenvalue weighted by atomic mass is 14.7. The fourth-order valence-electron chi connectivity index (χ4n) is 1.39. The van der Waals surface area contributed by atoms with E-state index in [9.17, 15) is 0 Å². The van der Waals surface area contributed by atoms with Crippen molar-refractivity contribution >= 4 is 6.72 Å². The van der Waals surface area contributed by atoms with Gasteiger partial charge in [-0.2, -0.15) is 0 Å². The maximum absolute atomic E-state index is 4.00. The second kappa shape index (κ2) is 4.70. The number of hydrogen-bond donors (Lipinski definition) is 0. The summed E-state index contributed by atoms with van der Waals surface area (Å²) >= 11 is 0. The molecule has 12 heavy (non-hydrogen) atoms. The Morgan fingerprint density at radius 3 is 2.83 bits per heavy atom. The summed E-state index contributed by atoms with van der Waals surface area (Å²) in [7, 11) is 0. The van der Waals surface area contributed by atoms with Crippen molar-refractivity contribution in [2.75, 3.05) is 0 Å².